The second-order valence-corrected chi connectivity index (χ2v) is 11.6. The first-order chi connectivity index (χ1) is 23.0. The van der Waals surface area contributed by atoms with Crippen molar-refractivity contribution in [1.82, 2.24) is 10.6 Å². The standard InChI is InChI=1S/C19H24N2O4.C18H24N2O3.2CH4.H2O/c1-13(9-14-3-6-16(25-2)7-4-14)20-11-19(24)15-5-8-18(23)17(10-15)21-12-22;1-12(9-13-3-6-15(23-2)7-4-13)20-11-18(22)14-5-8-17(21)16(19)10-14;;;/h3-8,10,12-13,19-20,23-24H,9,11H2,1-2H3,(H,21,22);3-8,10,12,18,20-22H,9,11,19H2,1-2H3;2*1H4;1H2/t13-,19+;12-,18+;;;/m11.../s1. The van der Waals surface area contributed by atoms with E-state index in [0.29, 0.717) is 30.6 Å². The molecule has 1 amide bonds. The van der Waals surface area contributed by atoms with Crippen molar-refractivity contribution in [3.8, 4) is 23.0 Å². The lowest BCUT2D eigenvalue weighted by Gasteiger charge is -2.18. The van der Waals surface area contributed by atoms with Crippen LogP contribution in [-0.4, -0.2) is 71.7 Å². The van der Waals surface area contributed by atoms with Crippen molar-refractivity contribution in [2.24, 2.45) is 0 Å². The number of phenols is 2. The van der Waals surface area contributed by atoms with Crippen LogP contribution in [0, 0.1) is 0 Å². The Morgan fingerprint density at radius 3 is 1.49 bits per heavy atom. The van der Waals surface area contributed by atoms with Crippen LogP contribution < -0.4 is 31.2 Å². The Morgan fingerprint density at radius 2 is 1.10 bits per heavy atom. The zero-order valence-electron chi connectivity index (χ0n) is 28.4. The molecule has 11 N–H and O–H groups in total. The molecule has 0 bridgehead atoms. The molecule has 4 rings (SSSR count). The molecule has 4 aromatic carbocycles. The second-order valence-electron chi connectivity index (χ2n) is 11.6. The van der Waals surface area contributed by atoms with Crippen LogP contribution in [-0.2, 0) is 17.6 Å². The molecule has 0 saturated heterocycles. The Kier molecular flexibility index (Phi) is 21.3. The maximum Gasteiger partial charge on any atom is 0.211 e. The molecular weight excluding hydrogens is 652 g/mol. The predicted molar refractivity (Wildman–Crippen MR) is 206 cm³/mol. The minimum atomic E-state index is -0.744. The lowest BCUT2D eigenvalue weighted by molar-refractivity contribution is -0.105. The molecule has 0 fully saturated rings. The number of phenolic OH excluding ortho intramolecular Hbond substituents is 2. The largest absolute Gasteiger partial charge is 0.506 e. The summed E-state index contributed by atoms with van der Waals surface area (Å²) in [6.45, 7) is 4.90. The SMILES string of the molecule is C.C.COc1ccc(C[C@@H](C)NC[C@H](O)c2ccc(O)c(N)c2)cc1.COc1ccc(C[C@@H](C)NC[C@H](O)c2ccc(O)c(NC=O)c2)cc1.O. The summed E-state index contributed by atoms with van der Waals surface area (Å²) in [6, 6.07) is 25.6. The van der Waals surface area contributed by atoms with Gasteiger partial charge in [0.1, 0.15) is 23.0 Å². The number of ether oxygens (including phenoxy) is 2. The van der Waals surface area contributed by atoms with E-state index >= 15 is 0 Å². The number of aliphatic hydroxyl groups is 2. The first kappa shape index (κ1) is 46.1. The minimum absolute atomic E-state index is 0. The molecule has 0 aromatic heterocycles. The average molecular weight is 711 g/mol. The monoisotopic (exact) mass is 710 g/mol. The summed E-state index contributed by atoms with van der Waals surface area (Å²) in [5, 5.41) is 48.6. The van der Waals surface area contributed by atoms with Gasteiger partial charge in [0.25, 0.3) is 0 Å². The molecule has 4 atom stereocenters. The van der Waals surface area contributed by atoms with Gasteiger partial charge in [0.2, 0.25) is 6.41 Å². The Hall–Kier alpha value is -4.85. The predicted octanol–water partition coefficient (Wildman–Crippen LogP) is 4.91. The van der Waals surface area contributed by atoms with E-state index in [9.17, 15) is 25.2 Å². The maximum atomic E-state index is 10.5. The van der Waals surface area contributed by atoms with Crippen molar-refractivity contribution >= 4 is 17.8 Å². The average Bonchev–Trinajstić information content (AvgIpc) is 3.09. The summed E-state index contributed by atoms with van der Waals surface area (Å²) in [5.74, 6) is 1.66. The lowest BCUT2D eigenvalue weighted by Crippen LogP contribution is -2.32. The Morgan fingerprint density at radius 1 is 0.686 bits per heavy atom. The van der Waals surface area contributed by atoms with Crippen LogP contribution in [0.25, 0.3) is 0 Å². The van der Waals surface area contributed by atoms with Crippen molar-refractivity contribution in [3.05, 3.63) is 107 Å². The highest BCUT2D eigenvalue weighted by Gasteiger charge is 2.13. The van der Waals surface area contributed by atoms with E-state index in [1.807, 2.05) is 55.5 Å². The van der Waals surface area contributed by atoms with Crippen molar-refractivity contribution < 1.29 is 40.2 Å². The molecule has 0 aliphatic carbocycles. The van der Waals surface area contributed by atoms with Crippen LogP contribution in [0.5, 0.6) is 23.0 Å². The van der Waals surface area contributed by atoms with Gasteiger partial charge >= 0.3 is 0 Å². The summed E-state index contributed by atoms with van der Waals surface area (Å²) in [7, 11) is 3.29. The van der Waals surface area contributed by atoms with Gasteiger partial charge < -0.3 is 57.1 Å². The molecule has 0 aliphatic heterocycles. The number of rotatable bonds is 16. The minimum Gasteiger partial charge on any atom is -0.506 e. The van der Waals surface area contributed by atoms with Crippen LogP contribution in [0.2, 0.25) is 0 Å². The molecule has 0 spiro atoms. The smallest absolute Gasteiger partial charge is 0.211 e. The lowest BCUT2D eigenvalue weighted by atomic mass is 10.1. The van der Waals surface area contributed by atoms with Crippen LogP contribution in [0.4, 0.5) is 11.4 Å². The zero-order chi connectivity index (χ0) is 35.1. The fourth-order valence-electron chi connectivity index (χ4n) is 4.96. The van der Waals surface area contributed by atoms with E-state index in [2.05, 4.69) is 22.9 Å². The maximum absolute atomic E-state index is 10.5. The number of hydrogen-bond donors (Lipinski definition) is 8. The molecule has 0 radical (unpaired) electrons. The summed E-state index contributed by atoms with van der Waals surface area (Å²) in [4.78, 5) is 10.5. The number of carbonyl (C=O) groups excluding carboxylic acids is 1. The summed E-state index contributed by atoms with van der Waals surface area (Å²) < 4.78 is 10.3. The highest BCUT2D eigenvalue weighted by molar-refractivity contribution is 5.75. The molecule has 0 heterocycles. The third kappa shape index (κ3) is 15.3. The first-order valence-electron chi connectivity index (χ1n) is 15.7. The first-order valence-corrected chi connectivity index (χ1v) is 15.7. The van der Waals surface area contributed by atoms with Gasteiger partial charge in [0, 0.05) is 25.2 Å². The van der Waals surface area contributed by atoms with Gasteiger partial charge in [0.15, 0.2) is 0 Å². The van der Waals surface area contributed by atoms with Gasteiger partial charge in [-0.05, 0) is 97.5 Å². The third-order valence-corrected chi connectivity index (χ3v) is 7.78. The number of carbonyl (C=O) groups is 1. The van der Waals surface area contributed by atoms with Gasteiger partial charge in [-0.1, -0.05) is 51.3 Å². The molecule has 282 valence electrons. The number of nitrogen functional groups attached to an aromatic ring is 1. The highest BCUT2D eigenvalue weighted by atomic mass is 16.5. The van der Waals surface area contributed by atoms with Crippen molar-refractivity contribution in [1.29, 1.82) is 0 Å². The van der Waals surface area contributed by atoms with E-state index in [1.165, 1.54) is 23.3 Å². The van der Waals surface area contributed by atoms with Gasteiger partial charge in [0.05, 0.1) is 37.8 Å². The summed E-state index contributed by atoms with van der Waals surface area (Å²) >= 11 is 0. The van der Waals surface area contributed by atoms with E-state index in [0.717, 1.165) is 24.3 Å². The topological polar surface area (TPSA) is 210 Å². The molecule has 0 aliphatic rings. The molecule has 12 nitrogen and oxygen atoms in total. The van der Waals surface area contributed by atoms with Crippen LogP contribution in [0.15, 0.2) is 84.9 Å². The quantitative estimate of drug-likeness (QED) is 0.0448. The normalized spacial score (nSPS) is 12.5. The van der Waals surface area contributed by atoms with Crippen LogP contribution >= 0.6 is 0 Å². The fraction of sp³-hybridized carbons (Fsp3) is 0.359. The number of nitrogens with one attached hydrogen (secondary N) is 3. The Labute approximate surface area is 302 Å². The number of aromatic hydroxyl groups is 2. The summed E-state index contributed by atoms with van der Waals surface area (Å²) in [6.07, 6.45) is 0.751. The molecule has 51 heavy (non-hydrogen) atoms. The Balaban J connectivity index is 0.000000929. The summed E-state index contributed by atoms with van der Waals surface area (Å²) in [5.41, 5.74) is 9.88. The van der Waals surface area contributed by atoms with Gasteiger partial charge in [-0.25, -0.2) is 0 Å². The number of hydrogen-bond acceptors (Lipinski definition) is 10. The zero-order valence-corrected chi connectivity index (χ0v) is 28.4. The van der Waals surface area contributed by atoms with E-state index in [4.69, 9.17) is 15.2 Å². The number of benzene rings is 4. The highest BCUT2D eigenvalue weighted by Crippen LogP contribution is 2.27. The van der Waals surface area contributed by atoms with E-state index < -0.39 is 12.2 Å². The van der Waals surface area contributed by atoms with Gasteiger partial charge in [-0.3, -0.25) is 4.79 Å². The van der Waals surface area contributed by atoms with Crippen LogP contribution in [0.3, 0.4) is 0 Å². The Bertz CT molecular complexity index is 1550. The number of aliphatic hydroxyl groups excluding tert-OH is 2. The van der Waals surface area contributed by atoms with Crippen molar-refractivity contribution in [2.75, 3.05) is 38.4 Å². The number of amides is 1. The fourth-order valence-corrected chi connectivity index (χ4v) is 4.96. The third-order valence-electron chi connectivity index (χ3n) is 7.78. The molecule has 4 aromatic rings. The second kappa shape index (κ2) is 23.5. The number of anilines is 2. The number of methoxy groups -OCH3 is 2. The molecular formula is C39H58N4O8. The molecule has 0 saturated carbocycles. The van der Waals surface area contributed by atoms with Crippen molar-refractivity contribution in [3.63, 3.8) is 0 Å². The van der Waals surface area contributed by atoms with Gasteiger partial charge in [-0.2, -0.15) is 0 Å². The van der Waals surface area contributed by atoms with Crippen molar-refractivity contribution in [2.45, 2.75) is 65.8 Å². The van der Waals surface area contributed by atoms with Gasteiger partial charge in [-0.15, -0.1) is 0 Å². The molecule has 0 unspecified atom stereocenters. The number of nitrogens with two attached hydrogens (primary N) is 1. The molecule has 12 heteroatoms. The van der Waals surface area contributed by atoms with Crippen LogP contribution in [0.1, 0.15) is 63.2 Å². The van der Waals surface area contributed by atoms with E-state index in [1.54, 1.807) is 38.5 Å². The van der Waals surface area contributed by atoms with E-state index in [-0.39, 0.29) is 55.3 Å².